The molecular formula is C42H62F2. The van der Waals surface area contributed by atoms with E-state index in [-0.39, 0.29) is 11.6 Å². The van der Waals surface area contributed by atoms with Crippen molar-refractivity contribution in [1.29, 1.82) is 0 Å². The fraction of sp³-hybridized carbons (Fsp3) is 0.714. The van der Waals surface area contributed by atoms with Crippen molar-refractivity contribution < 1.29 is 8.78 Å². The molecule has 0 amide bonds. The molecule has 44 heavy (non-hydrogen) atoms. The van der Waals surface area contributed by atoms with E-state index in [9.17, 15) is 4.39 Å². The molecule has 0 aromatic heterocycles. The SMILES string of the molecule is CCCCCCCC1CCC(c2ccc(C3CCC(C4CCC(c5ccc(CCCCC)c(F)c5)CC4)CC3)c(F)c2)CC1. The van der Waals surface area contributed by atoms with Crippen LogP contribution in [0.2, 0.25) is 0 Å². The van der Waals surface area contributed by atoms with Crippen molar-refractivity contribution >= 4 is 0 Å². The van der Waals surface area contributed by atoms with Crippen molar-refractivity contribution in [2.75, 3.05) is 0 Å². The van der Waals surface area contributed by atoms with Crippen LogP contribution in [0.5, 0.6) is 0 Å². The Morgan fingerprint density at radius 1 is 0.523 bits per heavy atom. The Labute approximate surface area is 269 Å². The molecule has 0 N–H and O–H groups in total. The number of halogens is 2. The maximum absolute atomic E-state index is 15.5. The number of unbranched alkanes of at least 4 members (excludes halogenated alkanes) is 6. The minimum absolute atomic E-state index is 0.00944. The first-order chi connectivity index (χ1) is 21.6. The Balaban J connectivity index is 1.04. The smallest absolute Gasteiger partial charge is 0.126 e. The molecule has 0 radical (unpaired) electrons. The van der Waals surface area contributed by atoms with Gasteiger partial charge in [-0.2, -0.15) is 0 Å². The summed E-state index contributed by atoms with van der Waals surface area (Å²) in [4.78, 5) is 0. The average Bonchev–Trinajstić information content (AvgIpc) is 3.06. The fourth-order valence-electron chi connectivity index (χ4n) is 9.36. The Bertz CT molecular complexity index is 1110. The van der Waals surface area contributed by atoms with E-state index in [1.54, 1.807) is 0 Å². The third kappa shape index (κ3) is 9.19. The minimum atomic E-state index is 0.00944. The van der Waals surface area contributed by atoms with Gasteiger partial charge in [-0.25, -0.2) is 8.78 Å². The maximum Gasteiger partial charge on any atom is 0.126 e. The van der Waals surface area contributed by atoms with Gasteiger partial charge < -0.3 is 0 Å². The summed E-state index contributed by atoms with van der Waals surface area (Å²) < 4.78 is 30.3. The molecule has 0 bridgehead atoms. The second-order valence-electron chi connectivity index (χ2n) is 15.2. The fourth-order valence-corrected chi connectivity index (χ4v) is 9.36. The molecule has 3 saturated carbocycles. The van der Waals surface area contributed by atoms with Gasteiger partial charge >= 0.3 is 0 Å². The van der Waals surface area contributed by atoms with Crippen LogP contribution in [0.1, 0.15) is 189 Å². The average molecular weight is 605 g/mol. The van der Waals surface area contributed by atoms with Gasteiger partial charge in [0.15, 0.2) is 0 Å². The number of hydrogen-bond donors (Lipinski definition) is 0. The van der Waals surface area contributed by atoms with Crippen LogP contribution in [0.15, 0.2) is 36.4 Å². The van der Waals surface area contributed by atoms with Crippen molar-refractivity contribution in [3.63, 3.8) is 0 Å². The van der Waals surface area contributed by atoms with Gasteiger partial charge in [0.2, 0.25) is 0 Å². The molecule has 3 aliphatic rings. The van der Waals surface area contributed by atoms with Crippen LogP contribution in [-0.4, -0.2) is 0 Å². The number of hydrogen-bond acceptors (Lipinski definition) is 0. The minimum Gasteiger partial charge on any atom is -0.207 e. The van der Waals surface area contributed by atoms with Gasteiger partial charge in [0.05, 0.1) is 0 Å². The van der Waals surface area contributed by atoms with E-state index < -0.39 is 0 Å². The Morgan fingerprint density at radius 2 is 1.05 bits per heavy atom. The summed E-state index contributed by atoms with van der Waals surface area (Å²) in [5, 5.41) is 0. The maximum atomic E-state index is 15.5. The quantitative estimate of drug-likeness (QED) is 0.188. The number of rotatable bonds is 14. The van der Waals surface area contributed by atoms with Crippen molar-refractivity contribution in [2.24, 2.45) is 17.8 Å². The summed E-state index contributed by atoms with van der Waals surface area (Å²) in [6, 6.07) is 12.5. The van der Waals surface area contributed by atoms with Crippen molar-refractivity contribution in [3.8, 4) is 0 Å². The molecule has 0 aliphatic heterocycles. The zero-order valence-electron chi connectivity index (χ0n) is 28.2. The van der Waals surface area contributed by atoms with Gasteiger partial charge in [-0.3, -0.25) is 0 Å². The highest BCUT2D eigenvalue weighted by atomic mass is 19.1. The number of aryl methyl sites for hydroxylation is 1. The molecule has 0 heterocycles. The Hall–Kier alpha value is -1.70. The first-order valence-electron chi connectivity index (χ1n) is 19.1. The van der Waals surface area contributed by atoms with E-state index in [2.05, 4.69) is 38.1 Å². The van der Waals surface area contributed by atoms with Gasteiger partial charge in [-0.15, -0.1) is 0 Å². The molecule has 0 unspecified atom stereocenters. The van der Waals surface area contributed by atoms with Crippen LogP contribution in [0.25, 0.3) is 0 Å². The lowest BCUT2D eigenvalue weighted by Gasteiger charge is -2.38. The van der Waals surface area contributed by atoms with E-state index in [4.69, 9.17) is 0 Å². The molecule has 2 aromatic carbocycles. The zero-order valence-corrected chi connectivity index (χ0v) is 28.2. The standard InChI is InChI=1S/C42H62F2/c1-3-5-7-8-10-11-31-13-15-34(16-14-31)39-27-28-40(42(44)30-39)36-23-21-33(22-24-36)32-17-19-35(20-18-32)38-26-25-37(41(43)29-38)12-9-6-4-2/h25-36H,3-24H2,1-2H3. The molecule has 0 nitrogen and oxygen atoms in total. The van der Waals surface area contributed by atoms with Gasteiger partial charge in [0, 0.05) is 0 Å². The molecule has 2 heteroatoms. The van der Waals surface area contributed by atoms with E-state index in [1.165, 1.54) is 127 Å². The van der Waals surface area contributed by atoms with Crippen LogP contribution in [0.4, 0.5) is 8.78 Å². The summed E-state index contributed by atoms with van der Waals surface area (Å²) in [7, 11) is 0. The summed E-state index contributed by atoms with van der Waals surface area (Å²) in [6.07, 6.45) is 27.4. The van der Waals surface area contributed by atoms with Crippen LogP contribution < -0.4 is 0 Å². The molecule has 0 saturated heterocycles. The van der Waals surface area contributed by atoms with E-state index in [0.717, 1.165) is 54.6 Å². The molecule has 0 spiro atoms. The lowest BCUT2D eigenvalue weighted by Crippen LogP contribution is -2.25. The summed E-state index contributed by atoms with van der Waals surface area (Å²) in [5.41, 5.74) is 4.35. The molecule has 244 valence electrons. The Kier molecular flexibility index (Phi) is 13.2. The van der Waals surface area contributed by atoms with Crippen molar-refractivity contribution in [1.82, 2.24) is 0 Å². The third-order valence-electron chi connectivity index (χ3n) is 12.3. The molecule has 3 aliphatic carbocycles. The predicted octanol–water partition coefficient (Wildman–Crippen LogP) is 13.6. The van der Waals surface area contributed by atoms with Gasteiger partial charge in [0.1, 0.15) is 11.6 Å². The monoisotopic (exact) mass is 604 g/mol. The number of benzene rings is 2. The van der Waals surface area contributed by atoms with Gasteiger partial charge in [0.25, 0.3) is 0 Å². The zero-order chi connectivity index (χ0) is 30.7. The molecule has 5 rings (SSSR count). The van der Waals surface area contributed by atoms with Crippen LogP contribution in [-0.2, 0) is 6.42 Å². The molecular weight excluding hydrogens is 542 g/mol. The molecule has 0 atom stereocenters. The van der Waals surface area contributed by atoms with Crippen LogP contribution in [0, 0.1) is 29.4 Å². The first-order valence-corrected chi connectivity index (χ1v) is 19.1. The summed E-state index contributed by atoms with van der Waals surface area (Å²) >= 11 is 0. The first kappa shape index (κ1) is 33.7. The van der Waals surface area contributed by atoms with Gasteiger partial charge in [-0.05, 0) is 160 Å². The van der Waals surface area contributed by atoms with E-state index in [1.807, 2.05) is 12.1 Å². The van der Waals surface area contributed by atoms with E-state index in [0.29, 0.717) is 17.8 Å². The third-order valence-corrected chi connectivity index (χ3v) is 12.3. The second kappa shape index (κ2) is 17.3. The van der Waals surface area contributed by atoms with E-state index >= 15 is 4.39 Å². The highest BCUT2D eigenvalue weighted by Crippen LogP contribution is 2.47. The van der Waals surface area contributed by atoms with Crippen LogP contribution in [0.3, 0.4) is 0 Å². The largest absolute Gasteiger partial charge is 0.207 e. The lowest BCUT2D eigenvalue weighted by atomic mass is 9.67. The lowest BCUT2D eigenvalue weighted by molar-refractivity contribution is 0.176. The molecule has 2 aromatic rings. The Morgan fingerprint density at radius 3 is 1.64 bits per heavy atom. The van der Waals surface area contributed by atoms with Gasteiger partial charge in [-0.1, -0.05) is 89.5 Å². The van der Waals surface area contributed by atoms with Crippen molar-refractivity contribution in [2.45, 2.75) is 173 Å². The van der Waals surface area contributed by atoms with Crippen LogP contribution >= 0.6 is 0 Å². The highest BCUT2D eigenvalue weighted by molar-refractivity contribution is 5.30. The summed E-state index contributed by atoms with van der Waals surface area (Å²) in [5.74, 6) is 4.01. The van der Waals surface area contributed by atoms with Crippen molar-refractivity contribution in [3.05, 3.63) is 70.3 Å². The topological polar surface area (TPSA) is 0 Å². The molecule has 3 fully saturated rings. The highest BCUT2D eigenvalue weighted by Gasteiger charge is 2.33. The normalized spacial score (nSPS) is 27.8. The predicted molar refractivity (Wildman–Crippen MR) is 184 cm³/mol. The second-order valence-corrected chi connectivity index (χ2v) is 15.2. The summed E-state index contributed by atoms with van der Waals surface area (Å²) in [6.45, 7) is 4.48.